The lowest BCUT2D eigenvalue weighted by Crippen LogP contribution is -2.50. The molecule has 3 aromatic heterocycles. The predicted octanol–water partition coefficient (Wildman–Crippen LogP) is 3.74. The number of imidazole rings is 1. The summed E-state index contributed by atoms with van der Waals surface area (Å²) in [5.74, 6) is -0.595. The van der Waals surface area contributed by atoms with Crippen molar-refractivity contribution in [3.8, 4) is 0 Å². The standard InChI is InChI=1S/C27H36FN9O3/c1-16(15-35(2)3)36(27(39)40)19-8-6-18(7-9-19)32-24-12-22(31-17-4-5-17)25-30-14-23(37(25)34-24)26(38)33-21-10-11-29-13-20(21)28/h10-14,16-19,31H,4-9,15H2,1-3H3,(H,32,34)(H,39,40)(H,29,33,38)/t16?,18-,19-. The van der Waals surface area contributed by atoms with Crippen LogP contribution in [0.25, 0.3) is 5.65 Å². The van der Waals surface area contributed by atoms with Crippen molar-refractivity contribution in [3.63, 3.8) is 0 Å². The molecule has 0 radical (unpaired) electrons. The third kappa shape index (κ3) is 6.24. The maximum absolute atomic E-state index is 14.1. The number of rotatable bonds is 10. The number of anilines is 3. The monoisotopic (exact) mass is 553 g/mol. The van der Waals surface area contributed by atoms with E-state index in [4.69, 9.17) is 0 Å². The van der Waals surface area contributed by atoms with Crippen LogP contribution < -0.4 is 16.0 Å². The van der Waals surface area contributed by atoms with Crippen LogP contribution in [0.1, 0.15) is 55.9 Å². The highest BCUT2D eigenvalue weighted by atomic mass is 19.1. The number of hydrogen-bond acceptors (Lipinski definition) is 8. The molecule has 3 aromatic rings. The number of nitrogens with one attached hydrogen (secondary N) is 3. The van der Waals surface area contributed by atoms with Gasteiger partial charge >= 0.3 is 6.09 Å². The van der Waals surface area contributed by atoms with Gasteiger partial charge in [0.2, 0.25) is 0 Å². The highest BCUT2D eigenvalue weighted by Gasteiger charge is 2.32. The molecule has 2 aliphatic carbocycles. The van der Waals surface area contributed by atoms with E-state index in [0.717, 1.165) is 50.4 Å². The first kappa shape index (κ1) is 27.6. The summed E-state index contributed by atoms with van der Waals surface area (Å²) in [5, 5.41) is 24.1. The average molecular weight is 554 g/mol. The van der Waals surface area contributed by atoms with Gasteiger partial charge in [-0.1, -0.05) is 0 Å². The minimum atomic E-state index is -0.883. The maximum atomic E-state index is 14.1. The van der Waals surface area contributed by atoms with E-state index in [-0.39, 0.29) is 29.5 Å². The highest BCUT2D eigenvalue weighted by Crippen LogP contribution is 2.31. The van der Waals surface area contributed by atoms with Crippen molar-refractivity contribution in [2.24, 2.45) is 0 Å². The molecule has 214 valence electrons. The Bertz CT molecular complexity index is 1370. The molecule has 0 saturated heterocycles. The van der Waals surface area contributed by atoms with E-state index in [2.05, 4.69) is 31.0 Å². The van der Waals surface area contributed by atoms with E-state index < -0.39 is 17.8 Å². The Balaban J connectivity index is 1.33. The van der Waals surface area contributed by atoms with Crippen LogP contribution in [0.2, 0.25) is 0 Å². The van der Waals surface area contributed by atoms with Gasteiger partial charge < -0.3 is 30.9 Å². The van der Waals surface area contributed by atoms with E-state index in [9.17, 15) is 19.1 Å². The molecule has 1 atom stereocenters. The molecule has 1 unspecified atom stereocenters. The minimum absolute atomic E-state index is 0.0209. The van der Waals surface area contributed by atoms with Crippen LogP contribution in [-0.4, -0.2) is 91.3 Å². The summed E-state index contributed by atoms with van der Waals surface area (Å²) in [6, 6.07) is 3.60. The van der Waals surface area contributed by atoms with Crippen molar-refractivity contribution in [1.29, 1.82) is 0 Å². The van der Waals surface area contributed by atoms with Crippen molar-refractivity contribution >= 4 is 34.8 Å². The summed E-state index contributed by atoms with van der Waals surface area (Å²) in [4.78, 5) is 36.9. The molecule has 0 aromatic carbocycles. The molecule has 0 aliphatic heterocycles. The molecule has 12 nitrogen and oxygen atoms in total. The highest BCUT2D eigenvalue weighted by molar-refractivity contribution is 6.03. The number of hydrogen-bond donors (Lipinski definition) is 4. The largest absolute Gasteiger partial charge is 0.465 e. The van der Waals surface area contributed by atoms with Gasteiger partial charge in [0.15, 0.2) is 17.2 Å². The lowest BCUT2D eigenvalue weighted by atomic mass is 9.89. The van der Waals surface area contributed by atoms with E-state index in [0.29, 0.717) is 24.1 Å². The smallest absolute Gasteiger partial charge is 0.407 e. The SMILES string of the molecule is CC(CN(C)C)N(C(=O)O)[C@H]1CC[C@H](Nc2cc(NC3CC3)c3ncc(C(=O)Nc4ccncc4F)n3n2)CC1. The molecule has 0 spiro atoms. The number of amides is 2. The van der Waals surface area contributed by atoms with Crippen LogP contribution in [0.15, 0.2) is 30.7 Å². The van der Waals surface area contributed by atoms with Crippen LogP contribution in [0.3, 0.4) is 0 Å². The Morgan fingerprint density at radius 3 is 2.45 bits per heavy atom. The third-order valence-electron chi connectivity index (χ3n) is 7.43. The lowest BCUT2D eigenvalue weighted by molar-refractivity contribution is 0.0785. The van der Waals surface area contributed by atoms with Gasteiger partial charge in [-0.2, -0.15) is 0 Å². The molecule has 4 N–H and O–H groups in total. The Kier molecular flexibility index (Phi) is 8.01. The van der Waals surface area contributed by atoms with Crippen LogP contribution in [0.4, 0.5) is 26.4 Å². The molecule has 0 bridgehead atoms. The molecule has 2 aliphatic rings. The summed E-state index contributed by atoms with van der Waals surface area (Å²) in [6.45, 7) is 2.62. The number of nitrogens with zero attached hydrogens (tertiary/aromatic N) is 6. The first-order valence-electron chi connectivity index (χ1n) is 13.7. The van der Waals surface area contributed by atoms with Gasteiger partial charge in [-0.25, -0.2) is 18.7 Å². The summed E-state index contributed by atoms with van der Waals surface area (Å²) >= 11 is 0. The first-order valence-corrected chi connectivity index (χ1v) is 13.7. The van der Waals surface area contributed by atoms with Crippen molar-refractivity contribution in [2.75, 3.05) is 36.6 Å². The van der Waals surface area contributed by atoms with Crippen molar-refractivity contribution in [3.05, 3.63) is 42.2 Å². The number of pyridine rings is 1. The second kappa shape index (κ2) is 11.6. The van der Waals surface area contributed by atoms with Gasteiger partial charge in [0.05, 0.1) is 23.8 Å². The number of likely N-dealkylation sites (N-methyl/N-ethyl adjacent to an activating group) is 1. The van der Waals surface area contributed by atoms with Crippen LogP contribution in [-0.2, 0) is 0 Å². The molecule has 40 heavy (non-hydrogen) atoms. The summed E-state index contributed by atoms with van der Waals surface area (Å²) < 4.78 is 15.6. The quantitative estimate of drug-likeness (QED) is 0.296. The van der Waals surface area contributed by atoms with Crippen LogP contribution in [0, 0.1) is 5.82 Å². The number of halogens is 1. The number of carbonyl (C=O) groups excluding carboxylic acids is 1. The molecular formula is C27H36FN9O3. The summed E-state index contributed by atoms with van der Waals surface area (Å²) in [6.07, 6.45) is 8.16. The molecule has 2 saturated carbocycles. The van der Waals surface area contributed by atoms with E-state index in [1.807, 2.05) is 32.0 Å². The number of fused-ring (bicyclic) bond motifs is 1. The fourth-order valence-corrected chi connectivity index (χ4v) is 5.44. The molecule has 2 fully saturated rings. The molecular weight excluding hydrogens is 517 g/mol. The fourth-order valence-electron chi connectivity index (χ4n) is 5.44. The van der Waals surface area contributed by atoms with Gasteiger partial charge in [0, 0.05) is 43.0 Å². The minimum Gasteiger partial charge on any atom is -0.465 e. The average Bonchev–Trinajstić information content (AvgIpc) is 3.61. The number of carbonyl (C=O) groups is 2. The van der Waals surface area contributed by atoms with Crippen molar-refractivity contribution in [1.82, 2.24) is 29.4 Å². The zero-order valence-corrected chi connectivity index (χ0v) is 23.0. The molecule has 2 amide bonds. The van der Waals surface area contributed by atoms with Gasteiger partial charge in [0.25, 0.3) is 5.91 Å². The first-order chi connectivity index (χ1) is 19.2. The second-order valence-electron chi connectivity index (χ2n) is 11.0. The maximum Gasteiger partial charge on any atom is 0.407 e. The topological polar surface area (TPSA) is 140 Å². The van der Waals surface area contributed by atoms with Crippen LogP contribution >= 0.6 is 0 Å². The Hall–Kier alpha value is -4.00. The van der Waals surface area contributed by atoms with E-state index >= 15 is 0 Å². The Morgan fingerprint density at radius 2 is 1.80 bits per heavy atom. The Labute approximate surface area is 232 Å². The Morgan fingerprint density at radius 1 is 1.10 bits per heavy atom. The van der Waals surface area contributed by atoms with E-state index in [1.54, 1.807) is 4.90 Å². The normalized spacial score (nSPS) is 19.8. The zero-order valence-electron chi connectivity index (χ0n) is 23.0. The van der Waals surface area contributed by atoms with Crippen molar-refractivity contribution < 1.29 is 19.1 Å². The zero-order chi connectivity index (χ0) is 28.4. The molecule has 13 heteroatoms. The predicted molar refractivity (Wildman–Crippen MR) is 149 cm³/mol. The molecule has 5 rings (SSSR count). The second-order valence-corrected chi connectivity index (χ2v) is 11.0. The third-order valence-corrected chi connectivity index (χ3v) is 7.43. The van der Waals surface area contributed by atoms with E-state index in [1.165, 1.54) is 23.0 Å². The number of aromatic nitrogens is 4. The van der Waals surface area contributed by atoms with Crippen LogP contribution in [0.5, 0.6) is 0 Å². The fraction of sp³-hybridized carbons (Fsp3) is 0.519. The van der Waals surface area contributed by atoms with Gasteiger partial charge in [-0.3, -0.25) is 9.78 Å². The van der Waals surface area contributed by atoms with Gasteiger partial charge in [0.1, 0.15) is 5.82 Å². The summed E-state index contributed by atoms with van der Waals surface area (Å²) in [7, 11) is 3.89. The van der Waals surface area contributed by atoms with Gasteiger partial charge in [-0.15, -0.1) is 5.10 Å². The van der Waals surface area contributed by atoms with Gasteiger partial charge in [-0.05, 0) is 65.6 Å². The van der Waals surface area contributed by atoms with Crippen molar-refractivity contribution in [2.45, 2.75) is 69.6 Å². The summed E-state index contributed by atoms with van der Waals surface area (Å²) in [5.41, 5.74) is 1.46. The number of carboxylic acid groups (broad SMARTS) is 1. The lowest BCUT2D eigenvalue weighted by Gasteiger charge is -2.39. The molecule has 3 heterocycles.